The fourth-order valence-corrected chi connectivity index (χ4v) is 3.15. The molecule has 2 rings (SSSR count). The molecule has 0 bridgehead atoms. The quantitative estimate of drug-likeness (QED) is 0.775. The highest BCUT2D eigenvalue weighted by atomic mass is 16.5. The summed E-state index contributed by atoms with van der Waals surface area (Å²) in [6.07, 6.45) is 1.06. The minimum absolute atomic E-state index is 0.0655. The second kappa shape index (κ2) is 6.61. The Morgan fingerprint density at radius 3 is 2.67 bits per heavy atom. The summed E-state index contributed by atoms with van der Waals surface area (Å²) < 4.78 is 5.24. The van der Waals surface area contributed by atoms with E-state index in [9.17, 15) is 4.79 Å². The van der Waals surface area contributed by atoms with Gasteiger partial charge in [0, 0.05) is 12.6 Å². The number of likely N-dealkylation sites (tertiary alicyclic amines) is 1. The van der Waals surface area contributed by atoms with Crippen LogP contribution in [0.1, 0.15) is 45.7 Å². The predicted molar refractivity (Wildman–Crippen MR) is 85.0 cm³/mol. The third kappa shape index (κ3) is 3.46. The fraction of sp³-hybridized carbons (Fsp3) is 0.611. The molecule has 0 N–H and O–H groups in total. The van der Waals surface area contributed by atoms with Crippen LogP contribution in [-0.2, 0) is 9.53 Å². The van der Waals surface area contributed by atoms with Crippen molar-refractivity contribution in [3.63, 3.8) is 0 Å². The molecule has 1 aromatic rings. The van der Waals surface area contributed by atoms with E-state index >= 15 is 0 Å². The van der Waals surface area contributed by atoms with E-state index in [0.717, 1.165) is 19.5 Å². The van der Waals surface area contributed by atoms with Gasteiger partial charge in [0.1, 0.15) is 0 Å². The van der Waals surface area contributed by atoms with E-state index in [1.165, 1.54) is 5.56 Å². The number of rotatable bonds is 5. The minimum Gasteiger partial charge on any atom is -0.466 e. The number of carbonyl (C=O) groups excluding carboxylic acids is 1. The van der Waals surface area contributed by atoms with E-state index in [0.29, 0.717) is 18.6 Å². The fourth-order valence-electron chi connectivity index (χ4n) is 3.15. The lowest BCUT2D eigenvalue weighted by molar-refractivity contribution is -0.156. The van der Waals surface area contributed by atoms with Crippen LogP contribution in [0.4, 0.5) is 0 Å². The van der Waals surface area contributed by atoms with Gasteiger partial charge in [-0.1, -0.05) is 30.3 Å². The van der Waals surface area contributed by atoms with Crippen LogP contribution in [0.2, 0.25) is 0 Å². The molecule has 21 heavy (non-hydrogen) atoms. The van der Waals surface area contributed by atoms with Crippen molar-refractivity contribution in [3.8, 4) is 0 Å². The Kier molecular flexibility index (Phi) is 5.04. The van der Waals surface area contributed by atoms with Crippen molar-refractivity contribution in [2.75, 3.05) is 19.7 Å². The highest BCUT2D eigenvalue weighted by Gasteiger charge is 2.42. The number of ether oxygens (including phenoxy) is 1. The van der Waals surface area contributed by atoms with Gasteiger partial charge in [0.25, 0.3) is 0 Å². The maximum atomic E-state index is 12.2. The second-order valence-corrected chi connectivity index (χ2v) is 6.51. The van der Waals surface area contributed by atoms with Crippen molar-refractivity contribution in [3.05, 3.63) is 35.9 Å². The average Bonchev–Trinajstić information content (AvgIpc) is 2.98. The summed E-state index contributed by atoms with van der Waals surface area (Å²) in [5.41, 5.74) is 0.938. The normalized spacial score (nSPS) is 21.2. The largest absolute Gasteiger partial charge is 0.466 e. The van der Waals surface area contributed by atoms with E-state index in [1.54, 1.807) is 0 Å². The van der Waals surface area contributed by atoms with Crippen LogP contribution in [0.5, 0.6) is 0 Å². The molecule has 0 aromatic heterocycles. The number of benzene rings is 1. The van der Waals surface area contributed by atoms with Gasteiger partial charge in [-0.25, -0.2) is 0 Å². The molecule has 1 fully saturated rings. The van der Waals surface area contributed by atoms with Crippen LogP contribution in [0.25, 0.3) is 0 Å². The molecule has 1 aromatic carbocycles. The lowest BCUT2D eigenvalue weighted by Crippen LogP contribution is -2.36. The average molecular weight is 289 g/mol. The molecule has 3 heteroatoms. The van der Waals surface area contributed by atoms with Crippen molar-refractivity contribution in [1.29, 1.82) is 0 Å². The molecule has 2 atom stereocenters. The van der Waals surface area contributed by atoms with Gasteiger partial charge in [-0.05, 0) is 52.1 Å². The molecule has 0 spiro atoms. The molecule has 0 radical (unpaired) electrons. The van der Waals surface area contributed by atoms with Crippen LogP contribution < -0.4 is 0 Å². The topological polar surface area (TPSA) is 29.5 Å². The van der Waals surface area contributed by atoms with Gasteiger partial charge < -0.3 is 4.74 Å². The van der Waals surface area contributed by atoms with E-state index < -0.39 is 5.41 Å². The minimum atomic E-state index is -0.402. The highest BCUT2D eigenvalue weighted by molar-refractivity contribution is 5.76. The van der Waals surface area contributed by atoms with Crippen LogP contribution in [0.15, 0.2) is 30.3 Å². The van der Waals surface area contributed by atoms with Crippen LogP contribution >= 0.6 is 0 Å². The Morgan fingerprint density at radius 2 is 2.05 bits per heavy atom. The first-order valence-electron chi connectivity index (χ1n) is 7.93. The molecule has 1 heterocycles. The van der Waals surface area contributed by atoms with E-state index in [4.69, 9.17) is 4.74 Å². The molecule has 0 amide bonds. The first kappa shape index (κ1) is 16.0. The number of esters is 1. The predicted octanol–water partition coefficient (Wildman–Crippen LogP) is 3.66. The van der Waals surface area contributed by atoms with Crippen molar-refractivity contribution in [2.45, 2.75) is 40.2 Å². The van der Waals surface area contributed by atoms with Crippen LogP contribution in [-0.4, -0.2) is 30.6 Å². The van der Waals surface area contributed by atoms with Crippen molar-refractivity contribution in [1.82, 2.24) is 4.90 Å². The first-order chi connectivity index (χ1) is 9.96. The first-order valence-corrected chi connectivity index (χ1v) is 7.93. The molecule has 116 valence electrons. The molecule has 1 aliphatic rings. The summed E-state index contributed by atoms with van der Waals surface area (Å²) in [7, 11) is 0. The lowest BCUT2D eigenvalue weighted by atomic mass is 9.78. The van der Waals surface area contributed by atoms with Gasteiger partial charge in [0.05, 0.1) is 12.0 Å². The van der Waals surface area contributed by atoms with E-state index in [-0.39, 0.29) is 5.97 Å². The number of carbonyl (C=O) groups is 1. The smallest absolute Gasteiger partial charge is 0.311 e. The summed E-state index contributed by atoms with van der Waals surface area (Å²) >= 11 is 0. The molecule has 0 unspecified atom stereocenters. The van der Waals surface area contributed by atoms with Gasteiger partial charge in [0.2, 0.25) is 0 Å². The molecule has 3 nitrogen and oxygen atoms in total. The van der Waals surface area contributed by atoms with Crippen LogP contribution in [0.3, 0.4) is 0 Å². The molecule has 1 aliphatic heterocycles. The number of hydrogen-bond donors (Lipinski definition) is 0. The molecular formula is C18H27NO2. The van der Waals surface area contributed by atoms with Gasteiger partial charge in [-0.15, -0.1) is 0 Å². The Hall–Kier alpha value is -1.35. The Bertz CT molecular complexity index is 469. The Labute approximate surface area is 128 Å². The lowest BCUT2D eigenvalue weighted by Gasteiger charge is -2.30. The standard InChI is InChI=1S/C18H27NO2/c1-5-21-17(20)18(3,4)16-11-12-19(13-16)14(2)15-9-7-6-8-10-15/h6-10,14,16H,5,11-13H2,1-4H3/t14-,16-/m0/s1. The molecule has 0 saturated carbocycles. The third-order valence-electron chi connectivity index (χ3n) is 4.87. The summed E-state index contributed by atoms with van der Waals surface area (Å²) in [4.78, 5) is 14.6. The maximum absolute atomic E-state index is 12.2. The zero-order chi connectivity index (χ0) is 15.5. The molecule has 1 saturated heterocycles. The van der Waals surface area contributed by atoms with Crippen molar-refractivity contribution < 1.29 is 9.53 Å². The molecular weight excluding hydrogens is 262 g/mol. The monoisotopic (exact) mass is 289 g/mol. The van der Waals surface area contributed by atoms with Crippen molar-refractivity contribution >= 4 is 5.97 Å². The van der Waals surface area contributed by atoms with Gasteiger partial charge in [-0.3, -0.25) is 9.69 Å². The Morgan fingerprint density at radius 1 is 1.38 bits per heavy atom. The van der Waals surface area contributed by atoms with Gasteiger partial charge in [0.15, 0.2) is 0 Å². The second-order valence-electron chi connectivity index (χ2n) is 6.51. The highest BCUT2D eigenvalue weighted by Crippen LogP contribution is 2.38. The van der Waals surface area contributed by atoms with Crippen molar-refractivity contribution in [2.24, 2.45) is 11.3 Å². The number of hydrogen-bond acceptors (Lipinski definition) is 3. The van der Waals surface area contributed by atoms with E-state index in [2.05, 4.69) is 36.1 Å². The van der Waals surface area contributed by atoms with E-state index in [1.807, 2.05) is 26.8 Å². The summed E-state index contributed by atoms with van der Waals surface area (Å²) in [5, 5.41) is 0. The summed E-state index contributed by atoms with van der Waals surface area (Å²) in [5.74, 6) is 0.298. The summed E-state index contributed by atoms with van der Waals surface area (Å²) in [6.45, 7) is 10.6. The SMILES string of the molecule is CCOC(=O)C(C)(C)[C@H]1CCN([C@@H](C)c2ccccc2)C1. The molecule has 0 aliphatic carbocycles. The Balaban J connectivity index is 2.02. The maximum Gasteiger partial charge on any atom is 0.311 e. The van der Waals surface area contributed by atoms with Gasteiger partial charge >= 0.3 is 5.97 Å². The third-order valence-corrected chi connectivity index (χ3v) is 4.87. The van der Waals surface area contributed by atoms with Crippen LogP contribution in [0, 0.1) is 11.3 Å². The zero-order valence-electron chi connectivity index (χ0n) is 13.6. The number of nitrogens with zero attached hydrogens (tertiary/aromatic N) is 1. The summed E-state index contributed by atoms with van der Waals surface area (Å²) in [6, 6.07) is 11.0. The zero-order valence-corrected chi connectivity index (χ0v) is 13.6. The van der Waals surface area contributed by atoms with Gasteiger partial charge in [-0.2, -0.15) is 0 Å².